The van der Waals surface area contributed by atoms with E-state index in [2.05, 4.69) is 64.6 Å². The lowest BCUT2D eigenvalue weighted by Crippen LogP contribution is -3.00. The predicted molar refractivity (Wildman–Crippen MR) is 91.1 cm³/mol. The number of rotatable bonds is 8. The molecule has 0 aliphatic rings. The van der Waals surface area contributed by atoms with E-state index in [4.69, 9.17) is 4.43 Å². The van der Waals surface area contributed by atoms with Crippen molar-refractivity contribution in [2.45, 2.75) is 32.6 Å². The van der Waals surface area contributed by atoms with Gasteiger partial charge in [0.2, 0.25) is 0 Å². The molecule has 21 heavy (non-hydrogen) atoms. The Morgan fingerprint density at radius 2 is 1.71 bits per heavy atom. The Bertz CT molecular complexity index is 423. The summed E-state index contributed by atoms with van der Waals surface area (Å²) in [6.07, 6.45) is 3.01. The molecule has 1 aromatic carbocycles. The van der Waals surface area contributed by atoms with Crippen LogP contribution in [0.15, 0.2) is 30.8 Å². The lowest BCUT2D eigenvalue weighted by molar-refractivity contribution is -0.903. The molecule has 2 nitrogen and oxygen atoms in total. The standard InChI is InChI=1S/C17H30NOSi.ClH/c1-7-16-9-11-17(12-10-16)15-18(2,3)13-8-14-19-20(4,5)6;/h7,9-12H,1,8,13-15H2,2-6H3;1H/q+1;/p-1. The average molecular weight is 328 g/mol. The fourth-order valence-electron chi connectivity index (χ4n) is 2.20. The number of hydrogen-bond acceptors (Lipinski definition) is 1. The maximum atomic E-state index is 5.92. The molecule has 0 amide bonds. The number of hydrogen-bond donors (Lipinski definition) is 0. The predicted octanol–water partition coefficient (Wildman–Crippen LogP) is 1.15. The fraction of sp³-hybridized carbons (Fsp3) is 0.529. The van der Waals surface area contributed by atoms with Crippen LogP contribution in [0.4, 0.5) is 0 Å². The van der Waals surface area contributed by atoms with Gasteiger partial charge in [0.15, 0.2) is 8.32 Å². The van der Waals surface area contributed by atoms with Crippen LogP contribution in [0.5, 0.6) is 0 Å². The second-order valence-electron chi connectivity index (χ2n) is 7.08. The molecular formula is C17H30ClNOSi. The maximum absolute atomic E-state index is 5.92. The van der Waals surface area contributed by atoms with Gasteiger partial charge in [0.1, 0.15) is 6.54 Å². The van der Waals surface area contributed by atoms with Gasteiger partial charge in [-0.25, -0.2) is 0 Å². The number of benzene rings is 1. The highest BCUT2D eigenvalue weighted by Crippen LogP contribution is 2.13. The lowest BCUT2D eigenvalue weighted by atomic mass is 10.1. The molecule has 4 heteroatoms. The summed E-state index contributed by atoms with van der Waals surface area (Å²) in [4.78, 5) is 0. The van der Waals surface area contributed by atoms with Gasteiger partial charge in [-0.3, -0.25) is 0 Å². The largest absolute Gasteiger partial charge is 1.00 e. The SMILES string of the molecule is C=Cc1ccc(C[N+](C)(C)CCCO[Si](C)(C)C)cc1.[Cl-]. The van der Waals surface area contributed by atoms with E-state index in [0.717, 1.165) is 30.6 Å². The highest BCUT2D eigenvalue weighted by Gasteiger charge is 2.17. The fourth-order valence-corrected chi connectivity index (χ4v) is 2.96. The van der Waals surface area contributed by atoms with Crippen LogP contribution >= 0.6 is 0 Å². The van der Waals surface area contributed by atoms with Crippen molar-refractivity contribution in [1.82, 2.24) is 0 Å². The highest BCUT2D eigenvalue weighted by atomic mass is 35.5. The summed E-state index contributed by atoms with van der Waals surface area (Å²) in [6, 6.07) is 8.68. The van der Waals surface area contributed by atoms with Crippen molar-refractivity contribution in [3.63, 3.8) is 0 Å². The smallest absolute Gasteiger partial charge is 0.183 e. The molecule has 0 saturated heterocycles. The summed E-state index contributed by atoms with van der Waals surface area (Å²) in [5, 5.41) is 0. The Hall–Kier alpha value is -0.613. The van der Waals surface area contributed by atoms with Crippen LogP contribution in [-0.4, -0.2) is 40.0 Å². The monoisotopic (exact) mass is 327 g/mol. The van der Waals surface area contributed by atoms with Crippen LogP contribution in [-0.2, 0) is 11.0 Å². The Balaban J connectivity index is 0.00000400. The zero-order chi connectivity index (χ0) is 15.2. The average Bonchev–Trinajstić information content (AvgIpc) is 2.34. The molecule has 0 saturated carbocycles. The van der Waals surface area contributed by atoms with E-state index in [-0.39, 0.29) is 12.4 Å². The van der Waals surface area contributed by atoms with Gasteiger partial charge < -0.3 is 21.3 Å². The van der Waals surface area contributed by atoms with Crippen molar-refractivity contribution >= 4 is 14.4 Å². The Morgan fingerprint density at radius 1 is 1.14 bits per heavy atom. The molecule has 120 valence electrons. The molecule has 0 heterocycles. The van der Waals surface area contributed by atoms with Gasteiger partial charge in [-0.15, -0.1) is 0 Å². The third-order valence-corrected chi connectivity index (χ3v) is 4.34. The second kappa shape index (κ2) is 8.74. The van der Waals surface area contributed by atoms with Gasteiger partial charge >= 0.3 is 0 Å². The molecule has 0 spiro atoms. The van der Waals surface area contributed by atoms with Gasteiger partial charge in [-0.1, -0.05) is 36.9 Å². The first-order chi connectivity index (χ1) is 9.22. The molecule has 0 aliphatic carbocycles. The number of quaternary nitrogens is 1. The minimum absolute atomic E-state index is 0. The Labute approximate surface area is 137 Å². The molecule has 0 unspecified atom stereocenters. The summed E-state index contributed by atoms with van der Waals surface area (Å²) >= 11 is 0. The lowest BCUT2D eigenvalue weighted by Gasteiger charge is -2.30. The summed E-state index contributed by atoms with van der Waals surface area (Å²) in [7, 11) is 3.22. The van der Waals surface area contributed by atoms with Gasteiger partial charge in [-0.05, 0) is 25.2 Å². The minimum Gasteiger partial charge on any atom is -1.00 e. The molecule has 1 rings (SSSR count). The van der Waals surface area contributed by atoms with Crippen LogP contribution < -0.4 is 12.4 Å². The number of halogens is 1. The summed E-state index contributed by atoms with van der Waals surface area (Å²) in [5.41, 5.74) is 2.56. The zero-order valence-corrected chi connectivity index (χ0v) is 15.9. The third-order valence-electron chi connectivity index (χ3n) is 3.27. The molecule has 0 bridgehead atoms. The number of nitrogens with zero attached hydrogens (tertiary/aromatic N) is 1. The molecule has 1 aromatic rings. The van der Waals surface area contributed by atoms with Gasteiger partial charge in [0.25, 0.3) is 0 Å². The van der Waals surface area contributed by atoms with Crippen LogP contribution in [0.2, 0.25) is 19.6 Å². The Morgan fingerprint density at radius 3 is 2.19 bits per heavy atom. The quantitative estimate of drug-likeness (QED) is 0.395. The normalized spacial score (nSPS) is 11.9. The van der Waals surface area contributed by atoms with Crippen molar-refractivity contribution in [2.24, 2.45) is 0 Å². The molecule has 0 aliphatic heterocycles. The van der Waals surface area contributed by atoms with E-state index in [1.807, 2.05) is 6.08 Å². The van der Waals surface area contributed by atoms with E-state index in [9.17, 15) is 0 Å². The first-order valence-corrected chi connectivity index (χ1v) is 10.8. The molecule has 0 aromatic heterocycles. The van der Waals surface area contributed by atoms with Crippen LogP contribution in [0.25, 0.3) is 6.08 Å². The van der Waals surface area contributed by atoms with E-state index in [1.165, 1.54) is 11.1 Å². The third kappa shape index (κ3) is 9.09. The van der Waals surface area contributed by atoms with Crippen molar-refractivity contribution in [3.8, 4) is 0 Å². The molecule has 0 radical (unpaired) electrons. The van der Waals surface area contributed by atoms with Gasteiger partial charge in [0.05, 0.1) is 20.6 Å². The molecule has 0 N–H and O–H groups in total. The molecule has 0 fully saturated rings. The topological polar surface area (TPSA) is 9.23 Å². The van der Waals surface area contributed by atoms with E-state index in [0.29, 0.717) is 0 Å². The zero-order valence-electron chi connectivity index (χ0n) is 14.2. The maximum Gasteiger partial charge on any atom is 0.183 e. The van der Waals surface area contributed by atoms with Crippen molar-refractivity contribution < 1.29 is 21.3 Å². The van der Waals surface area contributed by atoms with Gasteiger partial charge in [-0.2, -0.15) is 0 Å². The summed E-state index contributed by atoms with van der Waals surface area (Å²) in [6.45, 7) is 13.6. The van der Waals surface area contributed by atoms with Crippen molar-refractivity contribution in [2.75, 3.05) is 27.2 Å². The van der Waals surface area contributed by atoms with E-state index >= 15 is 0 Å². The first kappa shape index (κ1) is 20.4. The van der Waals surface area contributed by atoms with Crippen LogP contribution in [0.1, 0.15) is 17.5 Å². The first-order valence-electron chi connectivity index (χ1n) is 7.39. The molecular weight excluding hydrogens is 298 g/mol. The van der Waals surface area contributed by atoms with E-state index in [1.54, 1.807) is 0 Å². The second-order valence-corrected chi connectivity index (χ2v) is 11.6. The molecule has 0 atom stereocenters. The highest BCUT2D eigenvalue weighted by molar-refractivity contribution is 6.69. The summed E-state index contributed by atoms with van der Waals surface area (Å²) < 4.78 is 6.93. The van der Waals surface area contributed by atoms with E-state index < -0.39 is 8.32 Å². The van der Waals surface area contributed by atoms with Crippen LogP contribution in [0.3, 0.4) is 0 Å². The Kier molecular flexibility index (Phi) is 8.48. The summed E-state index contributed by atoms with van der Waals surface area (Å²) in [5.74, 6) is 0. The van der Waals surface area contributed by atoms with Crippen LogP contribution in [0, 0.1) is 0 Å². The van der Waals surface area contributed by atoms with Crippen molar-refractivity contribution in [1.29, 1.82) is 0 Å². The van der Waals surface area contributed by atoms with Gasteiger partial charge in [0, 0.05) is 18.6 Å². The van der Waals surface area contributed by atoms with Crippen molar-refractivity contribution in [3.05, 3.63) is 42.0 Å². The minimum atomic E-state index is -1.35.